The molecule has 0 spiro atoms. The lowest BCUT2D eigenvalue weighted by atomic mass is 9.71. The van der Waals surface area contributed by atoms with Gasteiger partial charge in [-0.15, -0.1) is 0 Å². The fourth-order valence-corrected chi connectivity index (χ4v) is 3.98. The summed E-state index contributed by atoms with van der Waals surface area (Å²) in [5, 5.41) is 0. The van der Waals surface area contributed by atoms with Gasteiger partial charge in [-0.2, -0.15) is 0 Å². The van der Waals surface area contributed by atoms with Crippen LogP contribution in [0.5, 0.6) is 0 Å². The van der Waals surface area contributed by atoms with E-state index in [0.717, 1.165) is 32.2 Å². The smallest absolute Gasteiger partial charge is 0.229 e. The van der Waals surface area contributed by atoms with Crippen LogP contribution in [0, 0.1) is 5.41 Å². The number of likely N-dealkylation sites (N-methyl/N-ethyl adjacent to an activating group) is 2. The number of nitrogens with two attached hydrogens (primary N) is 1. The maximum Gasteiger partial charge on any atom is 0.229 e. The molecular weight excluding hydrogens is 250 g/mol. The van der Waals surface area contributed by atoms with E-state index in [-0.39, 0.29) is 16.9 Å². The van der Waals surface area contributed by atoms with Gasteiger partial charge in [0.15, 0.2) is 0 Å². The first-order valence-electron chi connectivity index (χ1n) is 8.09. The molecule has 0 saturated heterocycles. The Labute approximate surface area is 123 Å². The third-order valence-electron chi connectivity index (χ3n) is 5.77. The van der Waals surface area contributed by atoms with Crippen LogP contribution in [0.25, 0.3) is 0 Å². The van der Waals surface area contributed by atoms with E-state index in [0.29, 0.717) is 6.54 Å². The average Bonchev–Trinajstić information content (AvgIpc) is 2.42. The van der Waals surface area contributed by atoms with Gasteiger partial charge in [-0.25, -0.2) is 0 Å². The SMILES string of the molecule is CN(CC1(N(C)C)CCC1)C(=O)C1(CN)CCCCC1. The van der Waals surface area contributed by atoms with Crippen molar-refractivity contribution < 1.29 is 4.79 Å². The van der Waals surface area contributed by atoms with Crippen LogP contribution in [0.2, 0.25) is 0 Å². The number of amides is 1. The first kappa shape index (κ1) is 15.8. The van der Waals surface area contributed by atoms with Gasteiger partial charge in [-0.1, -0.05) is 19.3 Å². The Morgan fingerprint density at radius 1 is 1.00 bits per heavy atom. The first-order valence-corrected chi connectivity index (χ1v) is 8.09. The van der Waals surface area contributed by atoms with Crippen LogP contribution in [0.15, 0.2) is 0 Å². The molecule has 0 aromatic heterocycles. The second kappa shape index (κ2) is 6.02. The largest absolute Gasteiger partial charge is 0.343 e. The predicted molar refractivity (Wildman–Crippen MR) is 82.5 cm³/mol. The highest BCUT2D eigenvalue weighted by Gasteiger charge is 2.45. The van der Waals surface area contributed by atoms with Gasteiger partial charge in [0.25, 0.3) is 0 Å². The minimum Gasteiger partial charge on any atom is -0.343 e. The van der Waals surface area contributed by atoms with Crippen molar-refractivity contribution in [3.8, 4) is 0 Å². The van der Waals surface area contributed by atoms with E-state index in [9.17, 15) is 4.79 Å². The lowest BCUT2D eigenvalue weighted by molar-refractivity contribution is -0.145. The Morgan fingerprint density at radius 3 is 2.00 bits per heavy atom. The molecule has 2 aliphatic rings. The lowest BCUT2D eigenvalue weighted by Crippen LogP contribution is -2.59. The molecule has 20 heavy (non-hydrogen) atoms. The minimum absolute atomic E-state index is 0.203. The molecule has 0 unspecified atom stereocenters. The summed E-state index contributed by atoms with van der Waals surface area (Å²) in [6, 6.07) is 0. The van der Waals surface area contributed by atoms with Crippen molar-refractivity contribution in [2.75, 3.05) is 34.2 Å². The zero-order chi connectivity index (χ0) is 14.8. The molecule has 2 aliphatic carbocycles. The molecule has 116 valence electrons. The molecule has 4 nitrogen and oxygen atoms in total. The molecule has 0 bridgehead atoms. The van der Waals surface area contributed by atoms with Crippen LogP contribution in [-0.2, 0) is 4.79 Å². The molecule has 2 saturated carbocycles. The topological polar surface area (TPSA) is 49.6 Å². The van der Waals surface area contributed by atoms with Crippen molar-refractivity contribution in [1.82, 2.24) is 9.80 Å². The molecule has 0 aromatic rings. The summed E-state index contributed by atoms with van der Waals surface area (Å²) in [5.74, 6) is 0.285. The Balaban J connectivity index is 2.04. The number of carbonyl (C=O) groups is 1. The van der Waals surface area contributed by atoms with Gasteiger partial charge in [0.05, 0.1) is 5.41 Å². The fraction of sp³-hybridized carbons (Fsp3) is 0.938. The quantitative estimate of drug-likeness (QED) is 0.836. The van der Waals surface area contributed by atoms with E-state index >= 15 is 0 Å². The molecule has 2 N–H and O–H groups in total. The van der Waals surface area contributed by atoms with Gasteiger partial charge in [-0.3, -0.25) is 4.79 Å². The van der Waals surface area contributed by atoms with Crippen molar-refractivity contribution in [1.29, 1.82) is 0 Å². The highest BCUT2D eigenvalue weighted by molar-refractivity contribution is 5.83. The van der Waals surface area contributed by atoms with E-state index in [2.05, 4.69) is 19.0 Å². The number of nitrogens with zero attached hydrogens (tertiary/aromatic N) is 2. The van der Waals surface area contributed by atoms with Crippen molar-refractivity contribution in [2.45, 2.75) is 56.9 Å². The zero-order valence-electron chi connectivity index (χ0n) is 13.5. The molecule has 0 aromatic carbocycles. The highest BCUT2D eigenvalue weighted by atomic mass is 16.2. The number of hydrogen-bond donors (Lipinski definition) is 1. The molecule has 2 rings (SSSR count). The zero-order valence-corrected chi connectivity index (χ0v) is 13.5. The monoisotopic (exact) mass is 281 g/mol. The Morgan fingerprint density at radius 2 is 1.60 bits per heavy atom. The Kier molecular flexibility index (Phi) is 4.75. The lowest BCUT2D eigenvalue weighted by Gasteiger charge is -2.50. The molecule has 0 radical (unpaired) electrons. The van der Waals surface area contributed by atoms with E-state index in [1.165, 1.54) is 25.7 Å². The summed E-state index contributed by atoms with van der Waals surface area (Å²) in [5.41, 5.74) is 5.92. The summed E-state index contributed by atoms with van der Waals surface area (Å²) in [6.45, 7) is 1.35. The van der Waals surface area contributed by atoms with Crippen LogP contribution < -0.4 is 5.73 Å². The second-order valence-corrected chi connectivity index (χ2v) is 7.18. The second-order valence-electron chi connectivity index (χ2n) is 7.18. The van der Waals surface area contributed by atoms with Crippen LogP contribution in [-0.4, -0.2) is 55.5 Å². The third kappa shape index (κ3) is 2.73. The highest BCUT2D eigenvalue weighted by Crippen LogP contribution is 2.40. The molecule has 4 heteroatoms. The summed E-state index contributed by atoms with van der Waals surface area (Å²) in [7, 11) is 6.24. The first-order chi connectivity index (χ1) is 9.46. The summed E-state index contributed by atoms with van der Waals surface area (Å²) in [4.78, 5) is 17.2. The van der Waals surface area contributed by atoms with Gasteiger partial charge in [-0.05, 0) is 46.2 Å². The molecule has 0 heterocycles. The van der Waals surface area contributed by atoms with Crippen LogP contribution in [0.4, 0.5) is 0 Å². The van der Waals surface area contributed by atoms with E-state index in [4.69, 9.17) is 5.73 Å². The predicted octanol–water partition coefficient (Wildman–Crippen LogP) is 1.84. The number of hydrogen-bond acceptors (Lipinski definition) is 3. The van der Waals surface area contributed by atoms with Crippen LogP contribution in [0.3, 0.4) is 0 Å². The summed E-state index contributed by atoms with van der Waals surface area (Å²) < 4.78 is 0. The van der Waals surface area contributed by atoms with Gasteiger partial charge < -0.3 is 15.5 Å². The summed E-state index contributed by atoms with van der Waals surface area (Å²) >= 11 is 0. The third-order valence-corrected chi connectivity index (χ3v) is 5.77. The number of carbonyl (C=O) groups excluding carboxylic acids is 1. The maximum atomic E-state index is 12.9. The number of rotatable bonds is 5. The molecular formula is C16H31N3O. The van der Waals surface area contributed by atoms with E-state index in [1.807, 2.05) is 11.9 Å². The normalized spacial score (nSPS) is 24.2. The van der Waals surface area contributed by atoms with Crippen molar-refractivity contribution in [3.63, 3.8) is 0 Å². The maximum absolute atomic E-state index is 12.9. The van der Waals surface area contributed by atoms with E-state index < -0.39 is 0 Å². The van der Waals surface area contributed by atoms with Gasteiger partial charge in [0.2, 0.25) is 5.91 Å². The molecule has 2 fully saturated rings. The minimum atomic E-state index is -0.274. The van der Waals surface area contributed by atoms with Crippen LogP contribution in [0.1, 0.15) is 51.4 Å². The van der Waals surface area contributed by atoms with Gasteiger partial charge in [0, 0.05) is 25.7 Å². The Bertz CT molecular complexity index is 344. The molecule has 0 atom stereocenters. The molecule has 0 aliphatic heterocycles. The molecule has 1 amide bonds. The standard InChI is InChI=1S/C16H31N3O/c1-18(2)16(10-7-11-16)13-19(3)14(20)15(12-17)8-5-4-6-9-15/h4-13,17H2,1-3H3. The average molecular weight is 281 g/mol. The fourth-order valence-electron chi connectivity index (χ4n) is 3.98. The van der Waals surface area contributed by atoms with Crippen molar-refractivity contribution >= 4 is 5.91 Å². The van der Waals surface area contributed by atoms with Gasteiger partial charge in [0.1, 0.15) is 0 Å². The van der Waals surface area contributed by atoms with Crippen molar-refractivity contribution in [3.05, 3.63) is 0 Å². The van der Waals surface area contributed by atoms with E-state index in [1.54, 1.807) is 0 Å². The Hall–Kier alpha value is -0.610. The summed E-state index contributed by atoms with van der Waals surface area (Å²) in [6.07, 6.45) is 9.18. The van der Waals surface area contributed by atoms with Gasteiger partial charge >= 0.3 is 0 Å². The van der Waals surface area contributed by atoms with Crippen LogP contribution >= 0.6 is 0 Å². The van der Waals surface area contributed by atoms with Crippen molar-refractivity contribution in [2.24, 2.45) is 11.1 Å².